The number of carbonyl (C=O) groups is 2. The number of nitrogens with one attached hydrogen (secondary N) is 2. The van der Waals surface area contributed by atoms with E-state index in [9.17, 15) is 9.59 Å². The summed E-state index contributed by atoms with van der Waals surface area (Å²) in [5.74, 6) is 0.815. The van der Waals surface area contributed by atoms with Crippen molar-refractivity contribution in [1.82, 2.24) is 14.9 Å². The molecule has 1 fully saturated rings. The zero-order valence-electron chi connectivity index (χ0n) is 16.8. The summed E-state index contributed by atoms with van der Waals surface area (Å²) in [6.07, 6.45) is 1.38. The monoisotopic (exact) mass is 390 g/mol. The number of rotatable bonds is 4. The molecule has 0 bridgehead atoms. The Bertz CT molecular complexity index is 999. The lowest BCUT2D eigenvalue weighted by Crippen LogP contribution is -2.43. The number of para-hydroxylation sites is 3. The molecule has 1 aromatic heterocycles. The normalized spacial score (nSPS) is 15.1. The van der Waals surface area contributed by atoms with Crippen molar-refractivity contribution in [2.75, 3.05) is 18.4 Å². The maximum Gasteiger partial charge on any atom is 0.227 e. The van der Waals surface area contributed by atoms with Gasteiger partial charge in [0.1, 0.15) is 5.82 Å². The smallest absolute Gasteiger partial charge is 0.227 e. The summed E-state index contributed by atoms with van der Waals surface area (Å²) in [6, 6.07) is 15.6. The van der Waals surface area contributed by atoms with Crippen molar-refractivity contribution >= 4 is 28.5 Å². The molecule has 0 aliphatic carbocycles. The minimum absolute atomic E-state index is 0.00365. The minimum Gasteiger partial charge on any atom is -0.342 e. The Labute approximate surface area is 170 Å². The Hall–Kier alpha value is -3.15. The van der Waals surface area contributed by atoms with Crippen molar-refractivity contribution in [2.24, 2.45) is 11.8 Å². The second-order valence-electron chi connectivity index (χ2n) is 7.89. The fraction of sp³-hybridized carbons (Fsp3) is 0.348. The average Bonchev–Trinajstić information content (AvgIpc) is 3.17. The largest absolute Gasteiger partial charge is 0.342 e. The SMILES string of the molecule is CC(C)C(=O)N1CCC(C(=O)Nc2ccccc2-c2nc3ccccc3[nH]2)CC1. The van der Waals surface area contributed by atoms with E-state index in [4.69, 9.17) is 0 Å². The molecule has 2 heterocycles. The quantitative estimate of drug-likeness (QED) is 0.705. The van der Waals surface area contributed by atoms with E-state index >= 15 is 0 Å². The molecule has 1 saturated heterocycles. The van der Waals surface area contributed by atoms with Gasteiger partial charge in [-0.2, -0.15) is 0 Å². The summed E-state index contributed by atoms with van der Waals surface area (Å²) in [5, 5.41) is 3.09. The predicted molar refractivity (Wildman–Crippen MR) is 114 cm³/mol. The molecule has 0 saturated carbocycles. The van der Waals surface area contributed by atoms with E-state index in [0.29, 0.717) is 25.9 Å². The van der Waals surface area contributed by atoms with Gasteiger partial charge >= 0.3 is 0 Å². The first-order valence-electron chi connectivity index (χ1n) is 10.2. The number of H-pyrrole nitrogens is 1. The molecule has 3 aromatic rings. The molecule has 29 heavy (non-hydrogen) atoms. The van der Waals surface area contributed by atoms with Crippen LogP contribution < -0.4 is 5.32 Å². The highest BCUT2D eigenvalue weighted by Crippen LogP contribution is 2.29. The summed E-state index contributed by atoms with van der Waals surface area (Å²) in [6.45, 7) is 5.10. The number of aromatic nitrogens is 2. The number of hydrogen-bond acceptors (Lipinski definition) is 3. The third-order valence-corrected chi connectivity index (χ3v) is 5.50. The molecule has 150 valence electrons. The first kappa shape index (κ1) is 19.2. The summed E-state index contributed by atoms with van der Waals surface area (Å²) >= 11 is 0. The maximum absolute atomic E-state index is 12.9. The van der Waals surface area contributed by atoms with E-state index in [1.807, 2.05) is 67.3 Å². The number of piperidine rings is 1. The highest BCUT2D eigenvalue weighted by atomic mass is 16.2. The van der Waals surface area contributed by atoms with E-state index < -0.39 is 0 Å². The van der Waals surface area contributed by atoms with Crippen molar-refractivity contribution < 1.29 is 9.59 Å². The van der Waals surface area contributed by atoms with Crippen LogP contribution in [0.25, 0.3) is 22.4 Å². The molecule has 6 heteroatoms. The minimum atomic E-state index is -0.0880. The Morgan fingerprint density at radius 3 is 2.48 bits per heavy atom. The molecule has 0 unspecified atom stereocenters. The lowest BCUT2D eigenvalue weighted by Gasteiger charge is -2.32. The van der Waals surface area contributed by atoms with E-state index in [0.717, 1.165) is 28.1 Å². The molecule has 2 amide bonds. The van der Waals surface area contributed by atoms with Gasteiger partial charge in [0.15, 0.2) is 0 Å². The number of carbonyl (C=O) groups excluding carboxylic acids is 2. The zero-order valence-corrected chi connectivity index (χ0v) is 16.8. The zero-order chi connectivity index (χ0) is 20.4. The van der Waals surface area contributed by atoms with Crippen molar-refractivity contribution in [3.05, 3.63) is 48.5 Å². The van der Waals surface area contributed by atoms with Crippen LogP contribution in [0.15, 0.2) is 48.5 Å². The van der Waals surface area contributed by atoms with Crippen molar-refractivity contribution in [1.29, 1.82) is 0 Å². The molecule has 6 nitrogen and oxygen atoms in total. The number of fused-ring (bicyclic) bond motifs is 1. The predicted octanol–water partition coefficient (Wildman–Crippen LogP) is 4.06. The number of imidazole rings is 1. The number of nitrogens with zero attached hydrogens (tertiary/aromatic N) is 2. The van der Waals surface area contributed by atoms with Crippen molar-refractivity contribution in [3.63, 3.8) is 0 Å². The van der Waals surface area contributed by atoms with E-state index in [-0.39, 0.29) is 23.7 Å². The lowest BCUT2D eigenvalue weighted by atomic mass is 9.95. The van der Waals surface area contributed by atoms with Crippen LogP contribution in [0.1, 0.15) is 26.7 Å². The molecule has 0 atom stereocenters. The molecule has 0 spiro atoms. The number of aromatic amines is 1. The Morgan fingerprint density at radius 1 is 1.07 bits per heavy atom. The van der Waals surface area contributed by atoms with Crippen LogP contribution in [0.5, 0.6) is 0 Å². The Kier molecular flexibility index (Phi) is 5.34. The molecule has 4 rings (SSSR count). The molecule has 2 N–H and O–H groups in total. The second kappa shape index (κ2) is 8.07. The van der Waals surface area contributed by atoms with Crippen molar-refractivity contribution in [3.8, 4) is 11.4 Å². The van der Waals surface area contributed by atoms with Crippen LogP contribution >= 0.6 is 0 Å². The van der Waals surface area contributed by atoms with Crippen LogP contribution in [-0.2, 0) is 9.59 Å². The third kappa shape index (κ3) is 4.01. The number of hydrogen-bond donors (Lipinski definition) is 2. The van der Waals surface area contributed by atoms with E-state index in [2.05, 4.69) is 15.3 Å². The number of benzene rings is 2. The van der Waals surface area contributed by atoms with Gasteiger partial charge in [-0.15, -0.1) is 0 Å². The second-order valence-corrected chi connectivity index (χ2v) is 7.89. The Morgan fingerprint density at radius 2 is 1.76 bits per heavy atom. The van der Waals surface area contributed by atoms with Crippen LogP contribution in [0.2, 0.25) is 0 Å². The molecule has 1 aliphatic rings. The van der Waals surface area contributed by atoms with Crippen LogP contribution in [-0.4, -0.2) is 39.8 Å². The molecular weight excluding hydrogens is 364 g/mol. The van der Waals surface area contributed by atoms with Gasteiger partial charge in [0.25, 0.3) is 0 Å². The van der Waals surface area contributed by atoms with Crippen molar-refractivity contribution in [2.45, 2.75) is 26.7 Å². The first-order valence-corrected chi connectivity index (χ1v) is 10.2. The molecule has 1 aliphatic heterocycles. The van der Waals surface area contributed by atoms with Gasteiger partial charge in [0.2, 0.25) is 11.8 Å². The highest BCUT2D eigenvalue weighted by Gasteiger charge is 2.28. The van der Waals surface area contributed by atoms with Gasteiger partial charge in [0.05, 0.1) is 16.7 Å². The first-order chi connectivity index (χ1) is 14.0. The van der Waals surface area contributed by atoms with Crippen LogP contribution in [0.3, 0.4) is 0 Å². The van der Waals surface area contributed by atoms with Gasteiger partial charge < -0.3 is 15.2 Å². The van der Waals surface area contributed by atoms with Gasteiger partial charge in [-0.1, -0.05) is 38.1 Å². The van der Waals surface area contributed by atoms with Gasteiger partial charge in [-0.25, -0.2) is 4.98 Å². The fourth-order valence-electron chi connectivity index (χ4n) is 3.84. The van der Waals surface area contributed by atoms with Gasteiger partial charge in [-0.05, 0) is 37.1 Å². The lowest BCUT2D eigenvalue weighted by molar-refractivity contribution is -0.137. The number of amides is 2. The summed E-state index contributed by atoms with van der Waals surface area (Å²) < 4.78 is 0. The standard InChI is InChI=1S/C23H26N4O2/c1-15(2)23(29)27-13-11-16(12-14-27)22(28)26-18-8-4-3-7-17(18)21-24-19-9-5-6-10-20(19)25-21/h3-10,15-16H,11-14H2,1-2H3,(H,24,25)(H,26,28). The maximum atomic E-state index is 12.9. The summed E-state index contributed by atoms with van der Waals surface area (Å²) in [5.41, 5.74) is 3.47. The van der Waals surface area contributed by atoms with Gasteiger partial charge in [0, 0.05) is 30.5 Å². The molecular formula is C23H26N4O2. The summed E-state index contributed by atoms with van der Waals surface area (Å²) in [4.78, 5) is 34.9. The highest BCUT2D eigenvalue weighted by molar-refractivity contribution is 5.97. The van der Waals surface area contributed by atoms with E-state index in [1.54, 1.807) is 0 Å². The topological polar surface area (TPSA) is 78.1 Å². The number of anilines is 1. The third-order valence-electron chi connectivity index (χ3n) is 5.50. The number of likely N-dealkylation sites (tertiary alicyclic amines) is 1. The van der Waals surface area contributed by atoms with Crippen LogP contribution in [0, 0.1) is 11.8 Å². The average molecular weight is 390 g/mol. The fourth-order valence-corrected chi connectivity index (χ4v) is 3.84. The van der Waals surface area contributed by atoms with Crippen LogP contribution in [0.4, 0.5) is 5.69 Å². The Balaban J connectivity index is 1.48. The molecule has 0 radical (unpaired) electrons. The van der Waals surface area contributed by atoms with E-state index in [1.165, 1.54) is 0 Å². The molecule has 2 aromatic carbocycles. The van der Waals surface area contributed by atoms with Gasteiger partial charge in [-0.3, -0.25) is 9.59 Å². The summed E-state index contributed by atoms with van der Waals surface area (Å²) in [7, 11) is 0.